The van der Waals surface area contributed by atoms with Crippen molar-refractivity contribution in [1.82, 2.24) is 10.1 Å². The third kappa shape index (κ3) is 4.39. The Labute approximate surface area is 114 Å². The zero-order valence-electron chi connectivity index (χ0n) is 11.6. The second kappa shape index (κ2) is 6.36. The van der Waals surface area contributed by atoms with Crippen LogP contribution in [0.15, 0.2) is 28.8 Å². The lowest BCUT2D eigenvalue weighted by Gasteiger charge is -2.00. The minimum atomic E-state index is 0.661. The van der Waals surface area contributed by atoms with Crippen LogP contribution < -0.4 is 5.73 Å². The van der Waals surface area contributed by atoms with Crippen molar-refractivity contribution in [3.05, 3.63) is 41.5 Å². The van der Waals surface area contributed by atoms with Crippen molar-refractivity contribution in [1.29, 1.82) is 0 Å². The van der Waals surface area contributed by atoms with Gasteiger partial charge in [0.2, 0.25) is 5.89 Å². The molecule has 2 aromatic rings. The van der Waals surface area contributed by atoms with Crippen LogP contribution in [0.5, 0.6) is 0 Å². The number of hydrogen-bond acceptors (Lipinski definition) is 4. The van der Waals surface area contributed by atoms with Crippen molar-refractivity contribution in [3.8, 4) is 0 Å². The van der Waals surface area contributed by atoms with Crippen LogP contribution in [0.25, 0.3) is 0 Å². The minimum absolute atomic E-state index is 0.661. The van der Waals surface area contributed by atoms with Crippen LogP contribution in [-0.4, -0.2) is 10.1 Å². The van der Waals surface area contributed by atoms with Gasteiger partial charge in [0, 0.05) is 18.5 Å². The molecule has 0 aliphatic carbocycles. The van der Waals surface area contributed by atoms with Gasteiger partial charge in [-0.05, 0) is 36.5 Å². The van der Waals surface area contributed by atoms with Crippen LogP contribution in [-0.2, 0) is 19.3 Å². The summed E-state index contributed by atoms with van der Waals surface area (Å²) in [4.78, 5) is 4.41. The Morgan fingerprint density at radius 1 is 1.21 bits per heavy atom. The number of nitrogens with two attached hydrogens (primary N) is 1. The molecule has 0 amide bonds. The van der Waals surface area contributed by atoms with Crippen molar-refractivity contribution in [2.24, 2.45) is 5.92 Å². The third-order valence-electron chi connectivity index (χ3n) is 3.03. The van der Waals surface area contributed by atoms with Gasteiger partial charge in [-0.1, -0.05) is 31.1 Å². The van der Waals surface area contributed by atoms with Crippen molar-refractivity contribution in [2.75, 3.05) is 5.73 Å². The van der Waals surface area contributed by atoms with E-state index in [9.17, 15) is 0 Å². The highest BCUT2D eigenvalue weighted by Gasteiger charge is 2.07. The first-order valence-electron chi connectivity index (χ1n) is 6.79. The molecule has 0 fully saturated rings. The van der Waals surface area contributed by atoms with Gasteiger partial charge >= 0.3 is 0 Å². The Kier molecular flexibility index (Phi) is 4.55. The maximum Gasteiger partial charge on any atom is 0.226 e. The highest BCUT2D eigenvalue weighted by atomic mass is 16.5. The van der Waals surface area contributed by atoms with Gasteiger partial charge in [0.05, 0.1) is 0 Å². The summed E-state index contributed by atoms with van der Waals surface area (Å²) < 4.78 is 5.26. The van der Waals surface area contributed by atoms with E-state index in [2.05, 4.69) is 30.1 Å². The Morgan fingerprint density at radius 3 is 2.79 bits per heavy atom. The molecule has 0 saturated heterocycles. The van der Waals surface area contributed by atoms with Gasteiger partial charge in [-0.2, -0.15) is 4.98 Å². The fraction of sp³-hybridized carbons (Fsp3) is 0.467. The predicted octanol–water partition coefficient (Wildman–Crippen LogP) is 3.03. The number of nitrogen functional groups attached to an aromatic ring is 1. The molecule has 102 valence electrons. The molecule has 0 saturated carbocycles. The molecule has 0 atom stereocenters. The standard InChI is InChI=1S/C15H21N3O/c1-11(2)6-8-14-17-15(19-18-14)9-7-12-4-3-5-13(16)10-12/h3-5,10-11H,6-9,16H2,1-2H3. The monoisotopic (exact) mass is 259 g/mol. The summed E-state index contributed by atoms with van der Waals surface area (Å²) in [5.74, 6) is 2.19. The number of benzene rings is 1. The van der Waals surface area contributed by atoms with Gasteiger partial charge < -0.3 is 10.3 Å². The molecule has 1 aromatic heterocycles. The van der Waals surface area contributed by atoms with Gasteiger partial charge in [0.15, 0.2) is 5.82 Å². The number of nitrogens with zero attached hydrogens (tertiary/aromatic N) is 2. The largest absolute Gasteiger partial charge is 0.399 e. The molecule has 2 rings (SSSR count). The summed E-state index contributed by atoms with van der Waals surface area (Å²) in [5.41, 5.74) is 7.74. The van der Waals surface area contributed by atoms with Crippen LogP contribution >= 0.6 is 0 Å². The lowest BCUT2D eigenvalue weighted by atomic mass is 10.1. The summed E-state index contributed by atoms with van der Waals surface area (Å²) in [6, 6.07) is 7.90. The topological polar surface area (TPSA) is 64.9 Å². The fourth-order valence-electron chi connectivity index (χ4n) is 1.91. The van der Waals surface area contributed by atoms with Gasteiger partial charge in [-0.25, -0.2) is 0 Å². The lowest BCUT2D eigenvalue weighted by molar-refractivity contribution is 0.371. The molecule has 0 spiro atoms. The van der Waals surface area contributed by atoms with E-state index in [4.69, 9.17) is 10.3 Å². The van der Waals surface area contributed by atoms with Gasteiger partial charge in [0.25, 0.3) is 0 Å². The smallest absolute Gasteiger partial charge is 0.226 e. The Hall–Kier alpha value is -1.84. The second-order valence-electron chi connectivity index (χ2n) is 5.28. The highest BCUT2D eigenvalue weighted by Crippen LogP contribution is 2.11. The summed E-state index contributed by atoms with van der Waals surface area (Å²) >= 11 is 0. The lowest BCUT2D eigenvalue weighted by Crippen LogP contribution is -1.96. The van der Waals surface area contributed by atoms with Crippen LogP contribution in [0.4, 0.5) is 5.69 Å². The summed E-state index contributed by atoms with van der Waals surface area (Å²) in [5, 5.41) is 4.01. The summed E-state index contributed by atoms with van der Waals surface area (Å²) in [6.45, 7) is 4.39. The highest BCUT2D eigenvalue weighted by molar-refractivity contribution is 5.40. The van der Waals surface area contributed by atoms with Gasteiger partial charge in [0.1, 0.15) is 0 Å². The van der Waals surface area contributed by atoms with Crippen LogP contribution in [0.1, 0.15) is 37.5 Å². The number of hydrogen-bond donors (Lipinski definition) is 1. The molecule has 1 heterocycles. The fourth-order valence-corrected chi connectivity index (χ4v) is 1.91. The molecule has 4 nitrogen and oxygen atoms in total. The minimum Gasteiger partial charge on any atom is -0.399 e. The summed E-state index contributed by atoms with van der Waals surface area (Å²) in [6.07, 6.45) is 3.61. The van der Waals surface area contributed by atoms with Crippen molar-refractivity contribution >= 4 is 5.69 Å². The van der Waals surface area contributed by atoms with Crippen molar-refractivity contribution in [2.45, 2.75) is 39.5 Å². The number of aryl methyl sites for hydroxylation is 3. The van der Waals surface area contributed by atoms with E-state index in [0.29, 0.717) is 11.8 Å². The molecule has 0 aliphatic heterocycles. The molecular weight excluding hydrogens is 238 g/mol. The van der Waals surface area contributed by atoms with E-state index >= 15 is 0 Å². The van der Waals surface area contributed by atoms with E-state index < -0.39 is 0 Å². The van der Waals surface area contributed by atoms with Crippen LogP contribution in [0, 0.1) is 5.92 Å². The van der Waals surface area contributed by atoms with Crippen LogP contribution in [0.2, 0.25) is 0 Å². The van der Waals surface area contributed by atoms with E-state index in [1.54, 1.807) is 0 Å². The molecule has 4 heteroatoms. The maximum atomic E-state index is 5.75. The van der Waals surface area contributed by atoms with E-state index in [-0.39, 0.29) is 0 Å². The third-order valence-corrected chi connectivity index (χ3v) is 3.03. The van der Waals surface area contributed by atoms with Gasteiger partial charge in [-0.15, -0.1) is 0 Å². The molecule has 2 N–H and O–H groups in total. The van der Waals surface area contributed by atoms with Crippen molar-refractivity contribution < 1.29 is 4.52 Å². The number of aromatic nitrogens is 2. The summed E-state index contributed by atoms with van der Waals surface area (Å²) in [7, 11) is 0. The van der Waals surface area contributed by atoms with Crippen LogP contribution in [0.3, 0.4) is 0 Å². The molecule has 0 radical (unpaired) electrons. The first-order valence-corrected chi connectivity index (χ1v) is 6.79. The average Bonchev–Trinajstić information content (AvgIpc) is 2.82. The first kappa shape index (κ1) is 13.6. The molecule has 0 aliphatic rings. The van der Waals surface area contributed by atoms with E-state index in [1.165, 1.54) is 5.56 Å². The first-order chi connectivity index (χ1) is 9.13. The Morgan fingerprint density at radius 2 is 2.05 bits per heavy atom. The predicted molar refractivity (Wildman–Crippen MR) is 75.7 cm³/mol. The van der Waals surface area contributed by atoms with Gasteiger partial charge in [-0.3, -0.25) is 0 Å². The Balaban J connectivity index is 1.86. The molecule has 0 bridgehead atoms. The number of anilines is 1. The zero-order valence-corrected chi connectivity index (χ0v) is 11.6. The molecule has 1 aromatic carbocycles. The second-order valence-corrected chi connectivity index (χ2v) is 5.28. The van der Waals surface area contributed by atoms with E-state index in [0.717, 1.165) is 37.2 Å². The zero-order chi connectivity index (χ0) is 13.7. The molecule has 0 unspecified atom stereocenters. The Bertz CT molecular complexity index is 520. The van der Waals surface area contributed by atoms with E-state index in [1.807, 2.05) is 18.2 Å². The number of rotatable bonds is 6. The normalized spacial score (nSPS) is 11.1. The SMILES string of the molecule is CC(C)CCc1noc(CCc2cccc(N)c2)n1. The average molecular weight is 259 g/mol. The quantitative estimate of drug-likeness (QED) is 0.810. The molecular formula is C15H21N3O. The van der Waals surface area contributed by atoms with Crippen molar-refractivity contribution in [3.63, 3.8) is 0 Å². The molecule has 19 heavy (non-hydrogen) atoms. The maximum absolute atomic E-state index is 5.75.